The third-order valence-electron chi connectivity index (χ3n) is 5.11. The van der Waals surface area contributed by atoms with Crippen molar-refractivity contribution in [3.63, 3.8) is 0 Å². The third kappa shape index (κ3) is 6.11. The van der Waals surface area contributed by atoms with Crippen LogP contribution in [-0.4, -0.2) is 43.1 Å². The van der Waals surface area contributed by atoms with E-state index in [1.807, 2.05) is 36.4 Å². The van der Waals surface area contributed by atoms with E-state index in [1.54, 1.807) is 24.3 Å². The molecule has 36 heavy (non-hydrogen) atoms. The number of allylic oxidation sites excluding steroid dienone is 1. The number of hydrogen-bond acceptors (Lipinski definition) is 7. The number of rotatable bonds is 9. The Morgan fingerprint density at radius 1 is 1.25 bits per heavy atom. The average Bonchev–Trinajstić information content (AvgIpc) is 3.21. The molecule has 2 aromatic carbocycles. The van der Waals surface area contributed by atoms with Crippen LogP contribution in [0.2, 0.25) is 5.02 Å². The minimum absolute atomic E-state index is 0.0513. The van der Waals surface area contributed by atoms with E-state index in [2.05, 4.69) is 36.4 Å². The maximum absolute atomic E-state index is 12.6. The number of hydrogen-bond donors (Lipinski definition) is 3. The molecule has 0 radical (unpaired) electrons. The topological polar surface area (TPSA) is 127 Å². The Morgan fingerprint density at radius 2 is 1.97 bits per heavy atom. The fourth-order valence-electron chi connectivity index (χ4n) is 3.38. The molecule has 2 aromatic heterocycles. The number of nitrogens with one attached hydrogen (secondary N) is 2. The predicted molar refractivity (Wildman–Crippen MR) is 144 cm³/mol. The fraction of sp³-hybridized carbons (Fsp3) is 0.167. The number of nitrogens with zero attached hydrogens (tertiary/aromatic N) is 4. The summed E-state index contributed by atoms with van der Waals surface area (Å²) >= 11 is 9.33. The number of ether oxygens (including phenoxy) is 1. The first-order valence-corrected chi connectivity index (χ1v) is 12.0. The molecule has 0 aliphatic rings. The van der Waals surface area contributed by atoms with Gasteiger partial charge in [0.15, 0.2) is 11.2 Å². The summed E-state index contributed by atoms with van der Waals surface area (Å²) in [4.78, 5) is 31.3. The zero-order chi connectivity index (χ0) is 25.7. The van der Waals surface area contributed by atoms with Crippen LogP contribution in [0.15, 0.2) is 73.8 Å². The summed E-state index contributed by atoms with van der Waals surface area (Å²) in [6, 6.07) is 16.4. The number of halogens is 2. The van der Waals surface area contributed by atoms with Crippen molar-refractivity contribution in [3.05, 3.63) is 90.5 Å². The molecular weight excluding hydrogens is 552 g/mol. The molecule has 0 fully saturated rings. The second-order valence-corrected chi connectivity index (χ2v) is 9.12. The summed E-state index contributed by atoms with van der Waals surface area (Å²) in [6.07, 6.45) is 2.39. The Kier molecular flexibility index (Phi) is 8.04. The molecule has 0 unspecified atom stereocenters. The van der Waals surface area contributed by atoms with E-state index in [1.165, 1.54) is 22.4 Å². The van der Waals surface area contributed by atoms with E-state index in [9.17, 15) is 14.7 Å². The van der Waals surface area contributed by atoms with Gasteiger partial charge in [-0.15, -0.1) is 0 Å². The fourth-order valence-corrected chi connectivity index (χ4v) is 3.87. The SMILES string of the molecule is Cn1c(=O)[nH]c(=O)c2c1nc(N/N=C/C(Br)=C\c1ccccc1)n2C[C@H](O)COc1ccc(Cl)cc1. The van der Waals surface area contributed by atoms with E-state index in [0.29, 0.717) is 15.3 Å². The number of aryl methyl sites for hydroxylation is 1. The highest BCUT2D eigenvalue weighted by Gasteiger charge is 2.20. The maximum atomic E-state index is 12.6. The van der Waals surface area contributed by atoms with Gasteiger partial charge in [0.05, 0.1) is 12.8 Å². The second kappa shape index (κ2) is 11.4. The molecule has 0 amide bonds. The zero-order valence-electron chi connectivity index (χ0n) is 19.1. The lowest BCUT2D eigenvalue weighted by atomic mass is 10.2. The molecule has 1 atom stereocenters. The van der Waals surface area contributed by atoms with Gasteiger partial charge in [-0.2, -0.15) is 10.1 Å². The van der Waals surface area contributed by atoms with Crippen LogP contribution in [0.25, 0.3) is 17.2 Å². The Bertz CT molecular complexity index is 1530. The van der Waals surface area contributed by atoms with E-state index >= 15 is 0 Å². The molecule has 2 heterocycles. The smallest absolute Gasteiger partial charge is 0.329 e. The number of H-pyrrole nitrogens is 1. The number of benzene rings is 2. The first-order valence-electron chi connectivity index (χ1n) is 10.8. The summed E-state index contributed by atoms with van der Waals surface area (Å²) in [5.41, 5.74) is 2.79. The van der Waals surface area contributed by atoms with Gasteiger partial charge in [0.25, 0.3) is 5.56 Å². The molecule has 0 saturated carbocycles. The molecule has 12 heteroatoms. The van der Waals surface area contributed by atoms with Crippen molar-refractivity contribution in [2.24, 2.45) is 12.1 Å². The third-order valence-corrected chi connectivity index (χ3v) is 5.80. The van der Waals surface area contributed by atoms with E-state index in [-0.39, 0.29) is 30.3 Å². The number of imidazole rings is 1. The van der Waals surface area contributed by atoms with E-state index < -0.39 is 17.4 Å². The lowest BCUT2D eigenvalue weighted by Crippen LogP contribution is -2.30. The average molecular weight is 574 g/mol. The normalized spacial score (nSPS) is 12.8. The van der Waals surface area contributed by atoms with Gasteiger partial charge in [-0.25, -0.2) is 10.2 Å². The highest BCUT2D eigenvalue weighted by atomic mass is 79.9. The van der Waals surface area contributed by atoms with Gasteiger partial charge in [0.1, 0.15) is 18.5 Å². The van der Waals surface area contributed by atoms with Crippen LogP contribution in [0.1, 0.15) is 5.56 Å². The Balaban J connectivity index is 1.58. The summed E-state index contributed by atoms with van der Waals surface area (Å²) in [6.45, 7) is -0.108. The van der Waals surface area contributed by atoms with Crippen LogP contribution in [0.5, 0.6) is 5.75 Å². The van der Waals surface area contributed by atoms with Gasteiger partial charge in [-0.3, -0.25) is 14.3 Å². The van der Waals surface area contributed by atoms with Gasteiger partial charge in [-0.05, 0) is 51.8 Å². The van der Waals surface area contributed by atoms with Crippen molar-refractivity contribution in [2.75, 3.05) is 12.0 Å². The molecule has 4 rings (SSSR count). The van der Waals surface area contributed by atoms with Gasteiger partial charge >= 0.3 is 5.69 Å². The zero-order valence-corrected chi connectivity index (χ0v) is 21.4. The monoisotopic (exact) mass is 572 g/mol. The number of fused-ring (bicyclic) bond motifs is 1. The van der Waals surface area contributed by atoms with Crippen LogP contribution in [-0.2, 0) is 13.6 Å². The van der Waals surface area contributed by atoms with Crippen molar-refractivity contribution in [1.82, 2.24) is 19.1 Å². The van der Waals surface area contributed by atoms with Crippen molar-refractivity contribution >= 4 is 56.9 Å². The summed E-state index contributed by atoms with van der Waals surface area (Å²) in [5.74, 6) is 0.700. The lowest BCUT2D eigenvalue weighted by Gasteiger charge is -2.15. The van der Waals surface area contributed by atoms with E-state index in [0.717, 1.165) is 5.56 Å². The first-order chi connectivity index (χ1) is 17.3. The molecule has 0 bridgehead atoms. The summed E-state index contributed by atoms with van der Waals surface area (Å²) in [7, 11) is 1.49. The highest BCUT2D eigenvalue weighted by Crippen LogP contribution is 2.18. The molecule has 4 aromatic rings. The molecular formula is C24H22BrClN6O4. The molecule has 0 aliphatic carbocycles. The van der Waals surface area contributed by atoms with Crippen LogP contribution in [0.3, 0.4) is 0 Å². The number of anilines is 1. The minimum atomic E-state index is -1.01. The number of hydrazone groups is 1. The number of aliphatic hydroxyl groups excluding tert-OH is 1. The number of aliphatic hydroxyl groups is 1. The lowest BCUT2D eigenvalue weighted by molar-refractivity contribution is 0.0938. The molecule has 3 N–H and O–H groups in total. The quantitative estimate of drug-likeness (QED) is 0.208. The molecule has 0 saturated heterocycles. The van der Waals surface area contributed by atoms with Crippen LogP contribution < -0.4 is 21.4 Å². The summed E-state index contributed by atoms with van der Waals surface area (Å²) < 4.78 is 8.97. The van der Waals surface area contributed by atoms with Crippen molar-refractivity contribution in [2.45, 2.75) is 12.6 Å². The van der Waals surface area contributed by atoms with Crippen molar-refractivity contribution < 1.29 is 9.84 Å². The molecule has 0 aliphatic heterocycles. The van der Waals surface area contributed by atoms with Crippen molar-refractivity contribution in [1.29, 1.82) is 0 Å². The van der Waals surface area contributed by atoms with Gasteiger partial charge in [0, 0.05) is 16.6 Å². The first kappa shape index (κ1) is 25.4. The molecule has 10 nitrogen and oxygen atoms in total. The van der Waals surface area contributed by atoms with E-state index in [4.69, 9.17) is 16.3 Å². The van der Waals surface area contributed by atoms with Crippen molar-refractivity contribution in [3.8, 4) is 5.75 Å². The van der Waals surface area contributed by atoms with Crippen LogP contribution >= 0.6 is 27.5 Å². The Labute approximate surface area is 218 Å². The molecule has 0 spiro atoms. The standard InChI is InChI=1S/C24H22BrClN6O4/c1-31-21-20(22(34)29-24(31)35)32(13-18(33)14-36-19-9-7-17(26)8-10-19)23(28-21)30-27-12-16(25)11-15-5-3-2-4-6-15/h2-12,18,33H,13-14H2,1H3,(H,28,30)(H,29,34,35)/b16-11+,27-12+/t18-/m0/s1. The number of aromatic nitrogens is 4. The van der Waals surface area contributed by atoms with Gasteiger partial charge in [-0.1, -0.05) is 41.9 Å². The van der Waals surface area contributed by atoms with Crippen LogP contribution in [0.4, 0.5) is 5.95 Å². The largest absolute Gasteiger partial charge is 0.491 e. The Morgan fingerprint density at radius 3 is 2.69 bits per heavy atom. The second-order valence-electron chi connectivity index (χ2n) is 7.77. The predicted octanol–water partition coefficient (Wildman–Crippen LogP) is 3.35. The molecule has 186 valence electrons. The van der Waals surface area contributed by atoms with Gasteiger partial charge in [0.2, 0.25) is 5.95 Å². The van der Waals surface area contributed by atoms with Crippen LogP contribution in [0, 0.1) is 0 Å². The Hall–Kier alpha value is -3.67. The summed E-state index contributed by atoms with van der Waals surface area (Å²) in [5, 5.41) is 15.4. The highest BCUT2D eigenvalue weighted by molar-refractivity contribution is 9.12. The number of aromatic amines is 1. The van der Waals surface area contributed by atoms with Gasteiger partial charge < -0.3 is 14.4 Å². The maximum Gasteiger partial charge on any atom is 0.329 e. The minimum Gasteiger partial charge on any atom is -0.491 e.